The van der Waals surface area contributed by atoms with Gasteiger partial charge >= 0.3 is 0 Å². The van der Waals surface area contributed by atoms with Crippen LogP contribution in [-0.4, -0.2) is 30.9 Å². The van der Waals surface area contributed by atoms with Gasteiger partial charge in [-0.3, -0.25) is 0 Å². The van der Waals surface area contributed by atoms with Crippen LogP contribution < -0.4 is 0 Å². The van der Waals surface area contributed by atoms with Crippen molar-refractivity contribution in [3.63, 3.8) is 0 Å². The standard InChI is InChI=1S/C9H5Cl2N5O/c10-5-1-3-12-8(14-5)7(16-17)9-13-4-2-6(11)15-9/h1-4,17H. The van der Waals surface area contributed by atoms with Crippen molar-refractivity contribution in [2.75, 3.05) is 0 Å². The van der Waals surface area contributed by atoms with Crippen LogP contribution in [-0.2, 0) is 0 Å². The molecule has 2 heterocycles. The maximum atomic E-state index is 8.96. The zero-order chi connectivity index (χ0) is 12.3. The summed E-state index contributed by atoms with van der Waals surface area (Å²) in [6, 6.07) is 3.00. The molecule has 2 aromatic rings. The molecule has 17 heavy (non-hydrogen) atoms. The topological polar surface area (TPSA) is 84.2 Å². The smallest absolute Gasteiger partial charge is 0.191 e. The van der Waals surface area contributed by atoms with Crippen LogP contribution in [0, 0.1) is 0 Å². The van der Waals surface area contributed by atoms with E-state index in [2.05, 4.69) is 25.1 Å². The van der Waals surface area contributed by atoms with Crippen LogP contribution in [0.3, 0.4) is 0 Å². The number of aromatic nitrogens is 4. The van der Waals surface area contributed by atoms with Gasteiger partial charge in [-0.15, -0.1) is 0 Å². The first kappa shape index (κ1) is 11.7. The molecule has 0 aliphatic carbocycles. The highest BCUT2D eigenvalue weighted by molar-refractivity contribution is 6.30. The number of rotatable bonds is 2. The average Bonchev–Trinajstić information content (AvgIpc) is 2.30. The molecule has 0 atom stereocenters. The number of hydrogen-bond acceptors (Lipinski definition) is 6. The number of oxime groups is 1. The molecule has 0 unspecified atom stereocenters. The third-order valence-electron chi connectivity index (χ3n) is 1.77. The third-order valence-corrected chi connectivity index (χ3v) is 2.19. The van der Waals surface area contributed by atoms with Gasteiger partial charge in [-0.25, -0.2) is 19.9 Å². The van der Waals surface area contributed by atoms with Crippen molar-refractivity contribution in [1.82, 2.24) is 19.9 Å². The Balaban J connectivity index is 2.48. The molecule has 0 aliphatic rings. The first-order chi connectivity index (χ1) is 8.20. The van der Waals surface area contributed by atoms with Gasteiger partial charge in [-0.05, 0) is 12.1 Å². The summed E-state index contributed by atoms with van der Waals surface area (Å²) >= 11 is 11.4. The maximum absolute atomic E-state index is 8.96. The SMILES string of the molecule is ON=C(c1nccc(Cl)n1)c1nccc(Cl)n1. The van der Waals surface area contributed by atoms with Gasteiger partial charge in [-0.2, -0.15) is 0 Å². The van der Waals surface area contributed by atoms with Crippen LogP contribution in [0.1, 0.15) is 11.6 Å². The molecule has 86 valence electrons. The zero-order valence-corrected chi connectivity index (χ0v) is 9.76. The molecule has 0 aromatic carbocycles. The molecule has 0 spiro atoms. The van der Waals surface area contributed by atoms with Gasteiger partial charge in [0.1, 0.15) is 10.3 Å². The van der Waals surface area contributed by atoms with Gasteiger partial charge in [0, 0.05) is 12.4 Å². The molecule has 0 radical (unpaired) electrons. The highest BCUT2D eigenvalue weighted by atomic mass is 35.5. The van der Waals surface area contributed by atoms with Gasteiger partial charge in [0.2, 0.25) is 0 Å². The van der Waals surface area contributed by atoms with Crippen LogP contribution in [0.15, 0.2) is 29.7 Å². The van der Waals surface area contributed by atoms with Crippen LogP contribution in [0.5, 0.6) is 0 Å². The minimum absolute atomic E-state index is 0.00463. The molecule has 2 aromatic heterocycles. The van der Waals surface area contributed by atoms with E-state index < -0.39 is 0 Å². The molecule has 0 bridgehead atoms. The summed E-state index contributed by atoms with van der Waals surface area (Å²) < 4.78 is 0. The zero-order valence-electron chi connectivity index (χ0n) is 8.25. The fraction of sp³-hybridized carbons (Fsp3) is 0. The van der Waals surface area contributed by atoms with E-state index in [9.17, 15) is 0 Å². The minimum Gasteiger partial charge on any atom is -0.410 e. The molecular formula is C9H5Cl2N5O. The molecule has 1 N–H and O–H groups in total. The van der Waals surface area contributed by atoms with Crippen molar-refractivity contribution >= 4 is 28.9 Å². The van der Waals surface area contributed by atoms with Crippen molar-refractivity contribution in [1.29, 1.82) is 0 Å². The van der Waals surface area contributed by atoms with E-state index in [1.165, 1.54) is 24.5 Å². The summed E-state index contributed by atoms with van der Waals surface area (Å²) in [5.74, 6) is 0.226. The highest BCUT2D eigenvalue weighted by Gasteiger charge is 2.14. The molecule has 0 aliphatic heterocycles. The second-order valence-electron chi connectivity index (χ2n) is 2.85. The fourth-order valence-corrected chi connectivity index (χ4v) is 1.36. The van der Waals surface area contributed by atoms with E-state index in [1.807, 2.05) is 0 Å². The number of hydrogen-bond donors (Lipinski definition) is 1. The van der Waals surface area contributed by atoms with Crippen molar-refractivity contribution in [2.45, 2.75) is 0 Å². The Hall–Kier alpha value is -1.79. The van der Waals surface area contributed by atoms with Crippen molar-refractivity contribution < 1.29 is 5.21 Å². The molecule has 6 nitrogen and oxygen atoms in total. The van der Waals surface area contributed by atoms with Gasteiger partial charge < -0.3 is 5.21 Å². The van der Waals surface area contributed by atoms with Gasteiger partial charge in [0.15, 0.2) is 17.4 Å². The Morgan fingerprint density at radius 3 is 1.82 bits per heavy atom. The Morgan fingerprint density at radius 2 is 1.47 bits per heavy atom. The predicted molar refractivity (Wildman–Crippen MR) is 61.5 cm³/mol. The summed E-state index contributed by atoms with van der Waals surface area (Å²) in [7, 11) is 0. The maximum Gasteiger partial charge on any atom is 0.191 e. The van der Waals surface area contributed by atoms with Crippen LogP contribution in [0.25, 0.3) is 0 Å². The van der Waals surface area contributed by atoms with E-state index in [1.54, 1.807) is 0 Å². The monoisotopic (exact) mass is 269 g/mol. The first-order valence-corrected chi connectivity index (χ1v) is 5.16. The van der Waals surface area contributed by atoms with Gasteiger partial charge in [-0.1, -0.05) is 28.4 Å². The Kier molecular flexibility index (Phi) is 3.46. The van der Waals surface area contributed by atoms with Crippen LogP contribution >= 0.6 is 23.2 Å². The Bertz CT molecular complexity index is 527. The van der Waals surface area contributed by atoms with Crippen LogP contribution in [0.4, 0.5) is 0 Å². The molecule has 0 fully saturated rings. The van der Waals surface area contributed by atoms with Crippen molar-refractivity contribution in [2.24, 2.45) is 5.16 Å². The highest BCUT2D eigenvalue weighted by Crippen LogP contribution is 2.08. The van der Waals surface area contributed by atoms with E-state index in [0.29, 0.717) is 0 Å². The van der Waals surface area contributed by atoms with E-state index in [-0.39, 0.29) is 27.7 Å². The van der Waals surface area contributed by atoms with Crippen molar-refractivity contribution in [3.05, 3.63) is 46.5 Å². The lowest BCUT2D eigenvalue weighted by atomic mass is 10.3. The van der Waals surface area contributed by atoms with E-state index >= 15 is 0 Å². The van der Waals surface area contributed by atoms with Gasteiger partial charge in [0.25, 0.3) is 0 Å². The molecule has 0 saturated carbocycles. The quantitative estimate of drug-likeness (QED) is 0.389. The largest absolute Gasteiger partial charge is 0.410 e. The third kappa shape index (κ3) is 2.66. The second-order valence-corrected chi connectivity index (χ2v) is 3.63. The molecule has 2 rings (SSSR count). The number of nitrogens with zero attached hydrogens (tertiary/aromatic N) is 5. The fourth-order valence-electron chi connectivity index (χ4n) is 1.09. The first-order valence-electron chi connectivity index (χ1n) is 4.40. The summed E-state index contributed by atoms with van der Waals surface area (Å²) in [6.07, 6.45) is 2.86. The summed E-state index contributed by atoms with van der Waals surface area (Å²) in [4.78, 5) is 15.6. The Morgan fingerprint density at radius 1 is 1.00 bits per heavy atom. The molecule has 0 saturated heterocycles. The van der Waals surface area contributed by atoms with Crippen LogP contribution in [0.2, 0.25) is 10.3 Å². The summed E-state index contributed by atoms with van der Waals surface area (Å²) in [6.45, 7) is 0. The minimum atomic E-state index is -0.00463. The normalized spacial score (nSPS) is 10.0. The van der Waals surface area contributed by atoms with Gasteiger partial charge in [0.05, 0.1) is 0 Å². The lowest BCUT2D eigenvalue weighted by Crippen LogP contribution is -2.12. The molecule has 8 heteroatoms. The average molecular weight is 270 g/mol. The second kappa shape index (κ2) is 5.03. The van der Waals surface area contributed by atoms with Crippen molar-refractivity contribution in [3.8, 4) is 0 Å². The Labute approximate surface area is 106 Å². The lowest BCUT2D eigenvalue weighted by molar-refractivity contribution is 0.319. The summed E-state index contributed by atoms with van der Waals surface area (Å²) in [5, 5.41) is 12.5. The lowest BCUT2D eigenvalue weighted by Gasteiger charge is -2.01. The molecular weight excluding hydrogens is 265 g/mol. The van der Waals surface area contributed by atoms with E-state index in [4.69, 9.17) is 28.4 Å². The summed E-state index contributed by atoms with van der Waals surface area (Å²) in [5.41, 5.74) is -0.00463. The van der Waals surface area contributed by atoms with E-state index in [0.717, 1.165) is 0 Å². The molecule has 0 amide bonds. The number of halogens is 2. The predicted octanol–water partition coefficient (Wildman–Crippen LogP) is 1.80.